The lowest BCUT2D eigenvalue weighted by molar-refractivity contribution is 0.697. The molecular weight excluding hydrogens is 238 g/mol. The maximum atomic E-state index is 4.71. The Kier molecular flexibility index (Phi) is 2.47. The van der Waals surface area contributed by atoms with Crippen LogP contribution in [-0.2, 0) is 0 Å². The van der Waals surface area contributed by atoms with Gasteiger partial charge in [0.1, 0.15) is 5.82 Å². The van der Waals surface area contributed by atoms with E-state index in [4.69, 9.17) is 5.10 Å². The highest BCUT2D eigenvalue weighted by Crippen LogP contribution is 2.38. The molecule has 0 aliphatic heterocycles. The lowest BCUT2D eigenvalue weighted by atomic mass is 10.3. The van der Waals surface area contributed by atoms with Crippen molar-refractivity contribution in [2.75, 3.05) is 18.5 Å². The van der Waals surface area contributed by atoms with Gasteiger partial charge < -0.3 is 4.90 Å². The first-order valence-electron chi connectivity index (χ1n) is 7.25. The summed E-state index contributed by atoms with van der Waals surface area (Å²) in [6.07, 6.45) is 6.57. The largest absolute Gasteiger partial charge is 0.358 e. The molecule has 0 spiro atoms. The van der Waals surface area contributed by atoms with Crippen molar-refractivity contribution >= 4 is 11.5 Å². The summed E-state index contributed by atoms with van der Waals surface area (Å²) in [5.74, 6) is 3.60. The highest BCUT2D eigenvalue weighted by atomic mass is 15.4. The molecule has 2 aliphatic rings. The van der Waals surface area contributed by atoms with Gasteiger partial charge in [0.15, 0.2) is 11.5 Å². The Hall–Kier alpha value is -1.65. The van der Waals surface area contributed by atoms with Gasteiger partial charge in [-0.25, -0.2) is 0 Å². The minimum absolute atomic E-state index is 0.578. The molecule has 2 fully saturated rings. The predicted octanol–water partition coefficient (Wildman–Crippen LogP) is 2.24. The molecule has 100 valence electrons. The summed E-state index contributed by atoms with van der Waals surface area (Å²) in [7, 11) is 2.12. The van der Waals surface area contributed by atoms with Gasteiger partial charge in [0, 0.05) is 19.5 Å². The fourth-order valence-corrected chi connectivity index (χ4v) is 2.49. The molecule has 0 N–H and O–H groups in total. The Morgan fingerprint density at radius 2 is 2.05 bits per heavy atom. The highest BCUT2D eigenvalue weighted by Gasteiger charge is 2.29. The van der Waals surface area contributed by atoms with E-state index in [9.17, 15) is 0 Å². The Labute approximate surface area is 112 Å². The van der Waals surface area contributed by atoms with Crippen molar-refractivity contribution in [2.45, 2.75) is 38.0 Å². The Morgan fingerprint density at radius 3 is 2.79 bits per heavy atom. The number of hydrogen-bond acceptors (Lipinski definition) is 4. The quantitative estimate of drug-likeness (QED) is 0.824. The van der Waals surface area contributed by atoms with Crippen LogP contribution in [0.15, 0.2) is 12.1 Å². The molecule has 5 heteroatoms. The predicted molar refractivity (Wildman–Crippen MR) is 73.4 cm³/mol. The Balaban J connectivity index is 1.59. The minimum Gasteiger partial charge on any atom is -0.358 e. The van der Waals surface area contributed by atoms with Crippen molar-refractivity contribution in [2.24, 2.45) is 5.92 Å². The summed E-state index contributed by atoms with van der Waals surface area (Å²) < 4.78 is 1.93. The van der Waals surface area contributed by atoms with Gasteiger partial charge in [0.2, 0.25) is 0 Å². The Morgan fingerprint density at radius 1 is 1.21 bits per heavy atom. The smallest absolute Gasteiger partial charge is 0.178 e. The van der Waals surface area contributed by atoms with E-state index in [0.717, 1.165) is 29.8 Å². The number of aromatic nitrogens is 4. The zero-order valence-corrected chi connectivity index (χ0v) is 11.3. The van der Waals surface area contributed by atoms with Gasteiger partial charge >= 0.3 is 0 Å². The van der Waals surface area contributed by atoms with Gasteiger partial charge in [-0.15, -0.1) is 15.3 Å². The minimum atomic E-state index is 0.578. The lowest BCUT2D eigenvalue weighted by Gasteiger charge is -2.17. The average Bonchev–Trinajstić information content (AvgIpc) is 3.34. The van der Waals surface area contributed by atoms with Crippen molar-refractivity contribution in [1.82, 2.24) is 19.8 Å². The summed E-state index contributed by atoms with van der Waals surface area (Å²) in [6.45, 7) is 1.09. The molecule has 5 nitrogen and oxygen atoms in total. The maximum Gasteiger partial charge on any atom is 0.178 e. The summed E-state index contributed by atoms with van der Waals surface area (Å²) in [5, 5.41) is 13.2. The van der Waals surface area contributed by atoms with Gasteiger partial charge in [-0.2, -0.15) is 4.52 Å². The van der Waals surface area contributed by atoms with Crippen molar-refractivity contribution in [3.8, 4) is 0 Å². The van der Waals surface area contributed by atoms with Crippen LogP contribution in [0.4, 0.5) is 5.82 Å². The number of fused-ring (bicyclic) bond motifs is 1. The third-order valence-corrected chi connectivity index (χ3v) is 4.18. The number of rotatable bonds is 5. The van der Waals surface area contributed by atoms with E-state index in [1.54, 1.807) is 0 Å². The first-order chi connectivity index (χ1) is 9.31. The number of hydrogen-bond donors (Lipinski definition) is 0. The van der Waals surface area contributed by atoms with Crippen molar-refractivity contribution in [3.63, 3.8) is 0 Å². The van der Waals surface area contributed by atoms with Crippen molar-refractivity contribution in [1.29, 1.82) is 0 Å². The molecule has 0 aromatic carbocycles. The molecular formula is C14H19N5. The van der Waals surface area contributed by atoms with Crippen LogP contribution < -0.4 is 4.90 Å². The molecule has 2 aliphatic carbocycles. The zero-order valence-electron chi connectivity index (χ0n) is 11.3. The molecule has 0 saturated heterocycles. The summed E-state index contributed by atoms with van der Waals surface area (Å²) >= 11 is 0. The van der Waals surface area contributed by atoms with Gasteiger partial charge in [-0.05, 0) is 37.3 Å². The van der Waals surface area contributed by atoms with Crippen LogP contribution in [0.2, 0.25) is 0 Å². The average molecular weight is 257 g/mol. The molecule has 4 rings (SSSR count). The van der Waals surface area contributed by atoms with Gasteiger partial charge in [-0.3, -0.25) is 0 Å². The normalized spacial score (nSPS) is 19.0. The molecule has 0 radical (unpaired) electrons. The Bertz CT molecular complexity index is 597. The van der Waals surface area contributed by atoms with E-state index in [0.29, 0.717) is 5.92 Å². The fourth-order valence-electron chi connectivity index (χ4n) is 2.49. The first kappa shape index (κ1) is 11.2. The molecule has 0 atom stereocenters. The number of nitrogens with zero attached hydrogens (tertiary/aromatic N) is 5. The van der Waals surface area contributed by atoms with Gasteiger partial charge in [0.05, 0.1) is 0 Å². The molecule has 19 heavy (non-hydrogen) atoms. The summed E-state index contributed by atoms with van der Waals surface area (Å²) in [4.78, 5) is 2.24. The maximum absolute atomic E-state index is 4.71. The second-order valence-electron chi connectivity index (χ2n) is 5.95. The molecule has 2 aromatic rings. The summed E-state index contributed by atoms with van der Waals surface area (Å²) in [5.41, 5.74) is 0.862. The molecule has 2 heterocycles. The van der Waals surface area contributed by atoms with E-state index in [2.05, 4.69) is 22.1 Å². The molecule has 2 saturated carbocycles. The standard InChI is InChI=1S/C14H19N5/c1-18(9-8-10-2-3-10)13-7-6-12-15-16-14(11-4-5-11)19(12)17-13/h6-7,10-11H,2-5,8-9H2,1H3. The van der Waals surface area contributed by atoms with E-state index in [1.807, 2.05) is 16.6 Å². The first-order valence-corrected chi connectivity index (χ1v) is 7.25. The third kappa shape index (κ3) is 2.17. The summed E-state index contributed by atoms with van der Waals surface area (Å²) in [6, 6.07) is 4.07. The SMILES string of the molecule is CN(CCC1CC1)c1ccc2nnc(C3CC3)n2n1. The second-order valence-corrected chi connectivity index (χ2v) is 5.95. The molecule has 0 bridgehead atoms. The van der Waals surface area contributed by atoms with Crippen LogP contribution >= 0.6 is 0 Å². The van der Waals surface area contributed by atoms with E-state index in [1.165, 1.54) is 32.1 Å². The van der Waals surface area contributed by atoms with E-state index in [-0.39, 0.29) is 0 Å². The molecule has 2 aromatic heterocycles. The van der Waals surface area contributed by atoms with Gasteiger partial charge in [-0.1, -0.05) is 12.8 Å². The third-order valence-electron chi connectivity index (χ3n) is 4.18. The topological polar surface area (TPSA) is 46.3 Å². The van der Waals surface area contributed by atoms with Crippen LogP contribution in [0, 0.1) is 5.92 Å². The van der Waals surface area contributed by atoms with Crippen LogP contribution in [0.5, 0.6) is 0 Å². The van der Waals surface area contributed by atoms with Crippen LogP contribution in [-0.4, -0.2) is 33.4 Å². The fraction of sp³-hybridized carbons (Fsp3) is 0.643. The monoisotopic (exact) mass is 257 g/mol. The number of anilines is 1. The zero-order chi connectivity index (χ0) is 12.8. The molecule has 0 amide bonds. The van der Waals surface area contributed by atoms with Crippen LogP contribution in [0.1, 0.15) is 43.8 Å². The van der Waals surface area contributed by atoms with E-state index < -0.39 is 0 Å². The second kappa shape index (κ2) is 4.18. The highest BCUT2D eigenvalue weighted by molar-refractivity contribution is 5.45. The van der Waals surface area contributed by atoms with Crippen LogP contribution in [0.25, 0.3) is 5.65 Å². The lowest BCUT2D eigenvalue weighted by Crippen LogP contribution is -2.21. The van der Waals surface area contributed by atoms with Crippen molar-refractivity contribution < 1.29 is 0 Å². The van der Waals surface area contributed by atoms with Gasteiger partial charge in [0.25, 0.3) is 0 Å². The molecule has 0 unspecified atom stereocenters. The van der Waals surface area contributed by atoms with Crippen molar-refractivity contribution in [3.05, 3.63) is 18.0 Å². The van der Waals surface area contributed by atoms with Crippen LogP contribution in [0.3, 0.4) is 0 Å². The van der Waals surface area contributed by atoms with E-state index >= 15 is 0 Å².